The van der Waals surface area contributed by atoms with Gasteiger partial charge >= 0.3 is 0 Å². The number of nitrogens with one attached hydrogen (secondary N) is 1. The number of aryl methyl sites for hydroxylation is 1. The van der Waals surface area contributed by atoms with E-state index in [1.54, 1.807) is 0 Å². The molecule has 1 N–H and O–H groups in total. The van der Waals surface area contributed by atoms with Gasteiger partial charge < -0.3 is 10.2 Å². The van der Waals surface area contributed by atoms with E-state index in [9.17, 15) is 4.79 Å². The van der Waals surface area contributed by atoms with Crippen LogP contribution < -0.4 is 5.32 Å². The number of rotatable bonds is 7. The molecule has 116 valence electrons. The first-order valence-corrected chi connectivity index (χ1v) is 7.77. The third-order valence-corrected chi connectivity index (χ3v) is 3.64. The smallest absolute Gasteiger partial charge is 0.236 e. The minimum atomic E-state index is 0.138. The van der Waals surface area contributed by atoms with Gasteiger partial charge in [0, 0.05) is 19.6 Å². The molecule has 0 aliphatic carbocycles. The Morgan fingerprint density at radius 3 is 2.45 bits per heavy atom. The number of hydrogen-bond acceptors (Lipinski definition) is 2. The van der Waals surface area contributed by atoms with Crippen molar-refractivity contribution in [1.82, 2.24) is 10.2 Å². The summed E-state index contributed by atoms with van der Waals surface area (Å²) in [7, 11) is 0. The van der Waals surface area contributed by atoms with Crippen LogP contribution in [0.25, 0.3) is 0 Å². The van der Waals surface area contributed by atoms with Crippen molar-refractivity contribution in [2.24, 2.45) is 0 Å². The summed E-state index contributed by atoms with van der Waals surface area (Å²) in [6.45, 7) is 6.57. The van der Waals surface area contributed by atoms with Gasteiger partial charge in [-0.15, -0.1) is 0 Å². The molecule has 2 aromatic carbocycles. The second-order valence-corrected chi connectivity index (χ2v) is 5.49. The summed E-state index contributed by atoms with van der Waals surface area (Å²) in [4.78, 5) is 14.2. The monoisotopic (exact) mass is 296 g/mol. The number of hydrogen-bond donors (Lipinski definition) is 1. The van der Waals surface area contributed by atoms with Gasteiger partial charge in [0.05, 0.1) is 6.54 Å². The van der Waals surface area contributed by atoms with Crippen molar-refractivity contribution in [3.63, 3.8) is 0 Å². The Kier molecular flexibility index (Phi) is 6.16. The normalized spacial score (nSPS) is 10.5. The van der Waals surface area contributed by atoms with Gasteiger partial charge in [0.2, 0.25) is 5.91 Å². The molecule has 1 amide bonds. The van der Waals surface area contributed by atoms with Crippen molar-refractivity contribution >= 4 is 5.91 Å². The molecule has 0 bridgehead atoms. The first kappa shape index (κ1) is 16.2. The highest BCUT2D eigenvalue weighted by Gasteiger charge is 2.11. The molecule has 0 spiro atoms. The zero-order valence-electron chi connectivity index (χ0n) is 13.4. The van der Waals surface area contributed by atoms with E-state index in [-0.39, 0.29) is 5.91 Å². The van der Waals surface area contributed by atoms with Gasteiger partial charge in [0.1, 0.15) is 0 Å². The topological polar surface area (TPSA) is 32.3 Å². The summed E-state index contributed by atoms with van der Waals surface area (Å²) >= 11 is 0. The summed E-state index contributed by atoms with van der Waals surface area (Å²) in [5.41, 5.74) is 3.61. The minimum absolute atomic E-state index is 0.138. The van der Waals surface area contributed by atoms with E-state index in [0.717, 1.165) is 18.7 Å². The maximum absolute atomic E-state index is 12.3. The lowest BCUT2D eigenvalue weighted by molar-refractivity contribution is -0.130. The molecule has 0 heterocycles. The van der Waals surface area contributed by atoms with Crippen LogP contribution in [0.1, 0.15) is 23.6 Å². The summed E-state index contributed by atoms with van der Waals surface area (Å²) in [5, 5.41) is 3.24. The average Bonchev–Trinajstić information content (AvgIpc) is 2.53. The predicted molar refractivity (Wildman–Crippen MR) is 90.4 cm³/mol. The number of likely N-dealkylation sites (N-methyl/N-ethyl adjacent to an activating group) is 1. The molecule has 0 unspecified atom stereocenters. The van der Waals surface area contributed by atoms with Crippen molar-refractivity contribution < 1.29 is 4.79 Å². The summed E-state index contributed by atoms with van der Waals surface area (Å²) in [6.07, 6.45) is 0. The summed E-state index contributed by atoms with van der Waals surface area (Å²) < 4.78 is 0. The molecule has 22 heavy (non-hydrogen) atoms. The van der Waals surface area contributed by atoms with Crippen molar-refractivity contribution in [1.29, 1.82) is 0 Å². The van der Waals surface area contributed by atoms with Crippen LogP contribution in [-0.2, 0) is 17.9 Å². The van der Waals surface area contributed by atoms with E-state index >= 15 is 0 Å². The molecule has 0 radical (unpaired) electrons. The Bertz CT molecular complexity index is 595. The Balaban J connectivity index is 1.82. The van der Waals surface area contributed by atoms with Crippen LogP contribution >= 0.6 is 0 Å². The van der Waals surface area contributed by atoms with Gasteiger partial charge in [-0.1, -0.05) is 60.2 Å². The molecule has 0 aliphatic heterocycles. The molecule has 0 atom stereocenters. The molecular formula is C19H24N2O. The minimum Gasteiger partial charge on any atom is -0.338 e. The van der Waals surface area contributed by atoms with Crippen molar-refractivity contribution in [2.45, 2.75) is 26.9 Å². The lowest BCUT2D eigenvalue weighted by Gasteiger charge is -2.21. The fourth-order valence-electron chi connectivity index (χ4n) is 2.43. The first-order valence-electron chi connectivity index (χ1n) is 7.77. The van der Waals surface area contributed by atoms with E-state index in [4.69, 9.17) is 0 Å². The molecule has 2 rings (SSSR count). The van der Waals surface area contributed by atoms with Crippen LogP contribution in [0.5, 0.6) is 0 Å². The number of benzene rings is 2. The van der Waals surface area contributed by atoms with E-state index in [1.807, 2.05) is 36.1 Å². The first-order chi connectivity index (χ1) is 10.7. The highest BCUT2D eigenvalue weighted by Crippen LogP contribution is 2.05. The van der Waals surface area contributed by atoms with Crippen LogP contribution in [0.2, 0.25) is 0 Å². The van der Waals surface area contributed by atoms with Crippen LogP contribution in [-0.4, -0.2) is 23.9 Å². The predicted octanol–water partition coefficient (Wildman–Crippen LogP) is 3.13. The summed E-state index contributed by atoms with van der Waals surface area (Å²) in [6, 6.07) is 18.4. The Morgan fingerprint density at radius 1 is 1.05 bits per heavy atom. The van der Waals surface area contributed by atoms with E-state index < -0.39 is 0 Å². The fraction of sp³-hybridized carbons (Fsp3) is 0.316. The highest BCUT2D eigenvalue weighted by atomic mass is 16.2. The molecule has 0 aliphatic rings. The SMILES string of the molecule is CCN(Cc1ccccc1)C(=O)CNCc1cccc(C)c1. The van der Waals surface area contributed by atoms with Crippen LogP contribution in [0, 0.1) is 6.92 Å². The molecular weight excluding hydrogens is 272 g/mol. The Labute approximate surface area is 133 Å². The molecule has 0 aromatic heterocycles. The highest BCUT2D eigenvalue weighted by molar-refractivity contribution is 5.78. The van der Waals surface area contributed by atoms with Gasteiger partial charge in [0.15, 0.2) is 0 Å². The molecule has 2 aromatic rings. The molecule has 3 nitrogen and oxygen atoms in total. The van der Waals surface area contributed by atoms with Crippen LogP contribution in [0.15, 0.2) is 54.6 Å². The molecule has 0 fully saturated rings. The largest absolute Gasteiger partial charge is 0.338 e. The molecule has 0 saturated heterocycles. The third kappa shape index (κ3) is 5.01. The van der Waals surface area contributed by atoms with E-state index in [2.05, 4.69) is 42.6 Å². The molecule has 0 saturated carbocycles. The Hall–Kier alpha value is -2.13. The van der Waals surface area contributed by atoms with Crippen molar-refractivity contribution in [2.75, 3.05) is 13.1 Å². The van der Waals surface area contributed by atoms with Crippen molar-refractivity contribution in [3.8, 4) is 0 Å². The lowest BCUT2D eigenvalue weighted by atomic mass is 10.1. The zero-order chi connectivity index (χ0) is 15.8. The van der Waals surface area contributed by atoms with Gasteiger partial charge in [-0.2, -0.15) is 0 Å². The van der Waals surface area contributed by atoms with E-state index in [0.29, 0.717) is 13.1 Å². The quantitative estimate of drug-likeness (QED) is 0.851. The fourth-order valence-corrected chi connectivity index (χ4v) is 2.43. The number of carbonyl (C=O) groups excluding carboxylic acids is 1. The molecule has 3 heteroatoms. The maximum Gasteiger partial charge on any atom is 0.236 e. The lowest BCUT2D eigenvalue weighted by Crippen LogP contribution is -2.37. The average molecular weight is 296 g/mol. The van der Waals surface area contributed by atoms with Gasteiger partial charge in [-0.05, 0) is 25.0 Å². The van der Waals surface area contributed by atoms with Crippen LogP contribution in [0.3, 0.4) is 0 Å². The van der Waals surface area contributed by atoms with Crippen LogP contribution in [0.4, 0.5) is 0 Å². The third-order valence-electron chi connectivity index (χ3n) is 3.64. The van der Waals surface area contributed by atoms with Gasteiger partial charge in [0.25, 0.3) is 0 Å². The van der Waals surface area contributed by atoms with Gasteiger partial charge in [-0.25, -0.2) is 0 Å². The van der Waals surface area contributed by atoms with Crippen molar-refractivity contribution in [3.05, 3.63) is 71.3 Å². The van der Waals surface area contributed by atoms with Gasteiger partial charge in [-0.3, -0.25) is 4.79 Å². The number of amides is 1. The summed E-state index contributed by atoms with van der Waals surface area (Å²) in [5.74, 6) is 0.138. The second kappa shape index (κ2) is 8.35. The standard InChI is InChI=1S/C19H24N2O/c1-3-21(15-17-9-5-4-6-10-17)19(22)14-20-13-18-11-7-8-16(2)12-18/h4-12,20H,3,13-15H2,1-2H3. The zero-order valence-corrected chi connectivity index (χ0v) is 13.4. The Morgan fingerprint density at radius 2 is 1.77 bits per heavy atom. The second-order valence-electron chi connectivity index (χ2n) is 5.49. The number of carbonyl (C=O) groups is 1. The number of nitrogens with zero attached hydrogens (tertiary/aromatic N) is 1. The van der Waals surface area contributed by atoms with E-state index in [1.165, 1.54) is 11.1 Å². The maximum atomic E-state index is 12.3.